The molecule has 102 valence electrons. The van der Waals surface area contributed by atoms with Crippen molar-refractivity contribution in [3.63, 3.8) is 0 Å². The van der Waals surface area contributed by atoms with Crippen molar-refractivity contribution >= 4 is 11.9 Å². The summed E-state index contributed by atoms with van der Waals surface area (Å²) < 4.78 is 5.45. The lowest BCUT2D eigenvalue weighted by Crippen LogP contribution is -2.52. The van der Waals surface area contributed by atoms with Crippen LogP contribution in [0.1, 0.15) is 51.4 Å². The molecule has 2 N–H and O–H groups in total. The highest BCUT2D eigenvalue weighted by molar-refractivity contribution is 5.87. The first-order chi connectivity index (χ1) is 8.62. The normalized spacial score (nSPS) is 26.1. The average molecular weight is 255 g/mol. The van der Waals surface area contributed by atoms with E-state index in [1.165, 1.54) is 0 Å². The molecule has 1 saturated heterocycles. The second-order valence-electron chi connectivity index (χ2n) is 5.32. The van der Waals surface area contributed by atoms with Gasteiger partial charge in [0.15, 0.2) is 0 Å². The van der Waals surface area contributed by atoms with Crippen LogP contribution in [0.2, 0.25) is 0 Å². The minimum Gasteiger partial charge on any atom is -0.480 e. The van der Waals surface area contributed by atoms with Crippen molar-refractivity contribution in [2.24, 2.45) is 0 Å². The number of nitrogens with one attached hydrogen (secondary N) is 1. The summed E-state index contributed by atoms with van der Waals surface area (Å²) in [5.74, 6) is -1.06. The van der Waals surface area contributed by atoms with Gasteiger partial charge in [-0.1, -0.05) is 12.8 Å². The van der Waals surface area contributed by atoms with Crippen molar-refractivity contribution in [3.05, 3.63) is 0 Å². The van der Waals surface area contributed by atoms with Crippen LogP contribution >= 0.6 is 0 Å². The van der Waals surface area contributed by atoms with Crippen LogP contribution in [0.3, 0.4) is 0 Å². The maximum absolute atomic E-state index is 11.8. The Balaban J connectivity index is 1.80. The lowest BCUT2D eigenvalue weighted by molar-refractivity contribution is -0.147. The number of aliphatic carboxylic acids is 1. The molecule has 2 aliphatic rings. The lowest BCUT2D eigenvalue weighted by Gasteiger charge is -2.25. The van der Waals surface area contributed by atoms with E-state index >= 15 is 0 Å². The van der Waals surface area contributed by atoms with Gasteiger partial charge in [0, 0.05) is 13.0 Å². The van der Waals surface area contributed by atoms with E-state index in [2.05, 4.69) is 5.32 Å². The van der Waals surface area contributed by atoms with Gasteiger partial charge in [-0.2, -0.15) is 0 Å². The number of hydrogen-bond acceptors (Lipinski definition) is 3. The highest BCUT2D eigenvalue weighted by Gasteiger charge is 2.42. The van der Waals surface area contributed by atoms with Gasteiger partial charge in [0.1, 0.15) is 5.54 Å². The van der Waals surface area contributed by atoms with Crippen LogP contribution in [0.25, 0.3) is 0 Å². The number of rotatable bonds is 5. The van der Waals surface area contributed by atoms with E-state index < -0.39 is 11.5 Å². The van der Waals surface area contributed by atoms with Crippen LogP contribution < -0.4 is 5.32 Å². The highest BCUT2D eigenvalue weighted by atomic mass is 16.5. The number of carboxylic acids is 1. The maximum atomic E-state index is 11.8. The molecular weight excluding hydrogens is 234 g/mol. The zero-order chi connectivity index (χ0) is 13.0. The van der Waals surface area contributed by atoms with Crippen molar-refractivity contribution < 1.29 is 19.4 Å². The highest BCUT2D eigenvalue weighted by Crippen LogP contribution is 2.30. The third kappa shape index (κ3) is 3.02. The Kier molecular flexibility index (Phi) is 4.22. The lowest BCUT2D eigenvalue weighted by atomic mass is 9.97. The molecule has 1 heterocycles. The predicted octanol–water partition coefficient (Wildman–Crippen LogP) is 1.46. The molecule has 1 saturated carbocycles. The number of carboxylic acid groups (broad SMARTS) is 1. The summed E-state index contributed by atoms with van der Waals surface area (Å²) in [5.41, 5.74) is -1.01. The first-order valence-corrected chi connectivity index (χ1v) is 6.78. The minimum absolute atomic E-state index is 0.158. The van der Waals surface area contributed by atoms with Crippen molar-refractivity contribution in [2.45, 2.75) is 63.0 Å². The Hall–Kier alpha value is -1.10. The summed E-state index contributed by atoms with van der Waals surface area (Å²) in [4.78, 5) is 23.1. The zero-order valence-corrected chi connectivity index (χ0v) is 10.6. The van der Waals surface area contributed by atoms with E-state index in [0.29, 0.717) is 25.7 Å². The van der Waals surface area contributed by atoms with Gasteiger partial charge in [-0.05, 0) is 32.1 Å². The van der Waals surface area contributed by atoms with E-state index in [1.54, 1.807) is 0 Å². The van der Waals surface area contributed by atoms with E-state index in [4.69, 9.17) is 4.74 Å². The first kappa shape index (κ1) is 13.3. The molecule has 0 aromatic rings. The third-order valence-electron chi connectivity index (χ3n) is 3.96. The summed E-state index contributed by atoms with van der Waals surface area (Å²) in [5, 5.41) is 12.0. The monoisotopic (exact) mass is 255 g/mol. The van der Waals surface area contributed by atoms with Crippen molar-refractivity contribution in [3.8, 4) is 0 Å². The Bertz CT molecular complexity index is 317. The molecule has 0 spiro atoms. The van der Waals surface area contributed by atoms with Gasteiger partial charge < -0.3 is 15.2 Å². The van der Waals surface area contributed by atoms with Crippen LogP contribution in [-0.4, -0.2) is 35.2 Å². The Morgan fingerprint density at radius 3 is 2.56 bits per heavy atom. The number of carbonyl (C=O) groups is 2. The van der Waals surface area contributed by atoms with Gasteiger partial charge >= 0.3 is 5.97 Å². The Labute approximate surface area is 107 Å². The van der Waals surface area contributed by atoms with Gasteiger partial charge in [0.05, 0.1) is 6.10 Å². The second kappa shape index (κ2) is 5.69. The molecular formula is C13H21NO4. The fraction of sp³-hybridized carbons (Fsp3) is 0.846. The molecule has 0 bridgehead atoms. The Morgan fingerprint density at radius 2 is 2.00 bits per heavy atom. The molecule has 5 heteroatoms. The summed E-state index contributed by atoms with van der Waals surface area (Å²) >= 11 is 0. The van der Waals surface area contributed by atoms with Crippen LogP contribution in [-0.2, 0) is 14.3 Å². The fourth-order valence-corrected chi connectivity index (χ4v) is 2.86. The predicted molar refractivity (Wildman–Crippen MR) is 65.2 cm³/mol. The molecule has 2 rings (SSSR count). The van der Waals surface area contributed by atoms with Crippen LogP contribution in [0, 0.1) is 0 Å². The maximum Gasteiger partial charge on any atom is 0.329 e. The third-order valence-corrected chi connectivity index (χ3v) is 3.96. The first-order valence-electron chi connectivity index (χ1n) is 6.78. The molecule has 1 aliphatic carbocycles. The molecule has 0 radical (unpaired) electrons. The van der Waals surface area contributed by atoms with Crippen molar-refractivity contribution in [2.75, 3.05) is 6.61 Å². The smallest absolute Gasteiger partial charge is 0.329 e. The quantitative estimate of drug-likeness (QED) is 0.779. The number of amides is 1. The fourth-order valence-electron chi connectivity index (χ4n) is 2.86. The largest absolute Gasteiger partial charge is 0.480 e. The summed E-state index contributed by atoms with van der Waals surface area (Å²) in [6, 6.07) is 0. The summed E-state index contributed by atoms with van der Waals surface area (Å²) in [7, 11) is 0. The number of carbonyl (C=O) groups excluding carboxylic acids is 1. The molecule has 0 aromatic heterocycles. The van der Waals surface area contributed by atoms with Gasteiger partial charge in [0.2, 0.25) is 5.91 Å². The SMILES string of the molecule is O=C(CCC1CCCO1)NC1(C(=O)O)CCCC1. The molecule has 1 amide bonds. The topological polar surface area (TPSA) is 75.6 Å². The second-order valence-corrected chi connectivity index (χ2v) is 5.32. The van der Waals surface area contributed by atoms with Crippen molar-refractivity contribution in [1.29, 1.82) is 0 Å². The van der Waals surface area contributed by atoms with Gasteiger partial charge in [-0.3, -0.25) is 4.79 Å². The van der Waals surface area contributed by atoms with E-state index in [9.17, 15) is 14.7 Å². The molecule has 2 fully saturated rings. The summed E-state index contributed by atoms with van der Waals surface area (Å²) in [6.07, 6.45) is 6.16. The molecule has 0 aromatic carbocycles. The summed E-state index contributed by atoms with van der Waals surface area (Å²) in [6.45, 7) is 0.783. The molecule has 5 nitrogen and oxygen atoms in total. The standard InChI is InChI=1S/C13H21NO4/c15-11(6-5-10-4-3-9-18-10)14-13(12(16)17)7-1-2-8-13/h10H,1-9H2,(H,14,15)(H,16,17). The number of hydrogen-bond donors (Lipinski definition) is 2. The van der Waals surface area contributed by atoms with Gasteiger partial charge in [-0.15, -0.1) is 0 Å². The van der Waals surface area contributed by atoms with Crippen molar-refractivity contribution in [1.82, 2.24) is 5.32 Å². The Morgan fingerprint density at radius 1 is 1.28 bits per heavy atom. The van der Waals surface area contributed by atoms with E-state index in [1.807, 2.05) is 0 Å². The van der Waals surface area contributed by atoms with Gasteiger partial charge in [-0.25, -0.2) is 4.79 Å². The van der Waals surface area contributed by atoms with Crippen LogP contribution in [0.5, 0.6) is 0 Å². The number of ether oxygens (including phenoxy) is 1. The molecule has 1 aliphatic heterocycles. The molecule has 1 unspecified atom stereocenters. The van der Waals surface area contributed by atoms with Gasteiger partial charge in [0.25, 0.3) is 0 Å². The van der Waals surface area contributed by atoms with E-state index in [-0.39, 0.29) is 12.0 Å². The van der Waals surface area contributed by atoms with Crippen LogP contribution in [0.4, 0.5) is 0 Å². The van der Waals surface area contributed by atoms with E-state index in [0.717, 1.165) is 32.3 Å². The minimum atomic E-state index is -1.01. The molecule has 18 heavy (non-hydrogen) atoms. The average Bonchev–Trinajstić information content (AvgIpc) is 2.97. The zero-order valence-electron chi connectivity index (χ0n) is 10.6. The molecule has 1 atom stereocenters. The van der Waals surface area contributed by atoms with Crippen LogP contribution in [0.15, 0.2) is 0 Å².